The minimum Gasteiger partial charge on any atom is -0.376 e. The van der Waals surface area contributed by atoms with Crippen LogP contribution in [-0.2, 0) is 11.0 Å². The number of carbonyl (C=O) groups is 2. The molecule has 3 N–H and O–H groups in total. The lowest BCUT2D eigenvalue weighted by Crippen LogP contribution is -2.49. The van der Waals surface area contributed by atoms with Gasteiger partial charge in [0.25, 0.3) is 0 Å². The fourth-order valence-corrected chi connectivity index (χ4v) is 1.80. The molecule has 0 heterocycles. The standard InChI is InChI=1S/C14H17ClF3N3O2/c1-13(2,3)21-12(23)20-11(22)7-19-8-4-5-10(15)9(6-8)14(16,17)18/h4-6,19H,7H2,1-3H3,(H2,20,21,22,23). The number of halogens is 4. The van der Waals surface area contributed by atoms with Crippen molar-refractivity contribution in [2.24, 2.45) is 0 Å². The van der Waals surface area contributed by atoms with Gasteiger partial charge in [0.05, 0.1) is 17.1 Å². The van der Waals surface area contributed by atoms with Crippen molar-refractivity contribution in [1.82, 2.24) is 10.6 Å². The van der Waals surface area contributed by atoms with Crippen LogP contribution in [0.5, 0.6) is 0 Å². The molecule has 0 unspecified atom stereocenters. The van der Waals surface area contributed by atoms with Crippen molar-refractivity contribution in [3.63, 3.8) is 0 Å². The molecule has 1 aromatic carbocycles. The number of nitrogens with one attached hydrogen (secondary N) is 3. The van der Waals surface area contributed by atoms with Gasteiger partial charge in [-0.1, -0.05) is 11.6 Å². The lowest BCUT2D eigenvalue weighted by atomic mass is 10.1. The number of benzene rings is 1. The molecule has 0 bridgehead atoms. The zero-order valence-electron chi connectivity index (χ0n) is 12.8. The maximum absolute atomic E-state index is 12.7. The van der Waals surface area contributed by atoms with E-state index in [9.17, 15) is 22.8 Å². The molecule has 0 spiro atoms. The first-order chi connectivity index (χ1) is 10.4. The largest absolute Gasteiger partial charge is 0.417 e. The molecule has 128 valence electrons. The fourth-order valence-electron chi connectivity index (χ4n) is 1.58. The summed E-state index contributed by atoms with van der Waals surface area (Å²) in [5, 5.41) is 6.65. The van der Waals surface area contributed by atoms with Crippen molar-refractivity contribution < 1.29 is 22.8 Å². The normalized spacial score (nSPS) is 11.8. The summed E-state index contributed by atoms with van der Waals surface area (Å²) >= 11 is 5.49. The second-order valence-electron chi connectivity index (χ2n) is 5.80. The molecule has 0 aromatic heterocycles. The Morgan fingerprint density at radius 3 is 2.30 bits per heavy atom. The van der Waals surface area contributed by atoms with Crippen molar-refractivity contribution in [3.8, 4) is 0 Å². The van der Waals surface area contributed by atoms with E-state index in [-0.39, 0.29) is 12.2 Å². The van der Waals surface area contributed by atoms with E-state index in [1.807, 2.05) is 0 Å². The van der Waals surface area contributed by atoms with Crippen LogP contribution in [0, 0.1) is 0 Å². The van der Waals surface area contributed by atoms with Crippen molar-refractivity contribution in [3.05, 3.63) is 28.8 Å². The van der Waals surface area contributed by atoms with Gasteiger partial charge in [0, 0.05) is 11.2 Å². The molecule has 9 heteroatoms. The molecule has 3 amide bonds. The molecule has 1 rings (SSSR count). The van der Waals surface area contributed by atoms with Gasteiger partial charge in [0.1, 0.15) is 0 Å². The van der Waals surface area contributed by atoms with Crippen LogP contribution in [0.2, 0.25) is 5.02 Å². The van der Waals surface area contributed by atoms with Gasteiger partial charge >= 0.3 is 12.2 Å². The van der Waals surface area contributed by atoms with Crippen LogP contribution >= 0.6 is 11.6 Å². The molecule has 5 nitrogen and oxygen atoms in total. The third-order valence-corrected chi connectivity index (χ3v) is 2.80. The molecular formula is C14H17ClF3N3O2. The van der Waals surface area contributed by atoms with E-state index in [2.05, 4.69) is 16.0 Å². The zero-order valence-corrected chi connectivity index (χ0v) is 13.5. The van der Waals surface area contributed by atoms with Crippen LogP contribution in [0.1, 0.15) is 26.3 Å². The third kappa shape index (κ3) is 6.77. The predicted octanol–water partition coefficient (Wildman–Crippen LogP) is 3.40. The fraction of sp³-hybridized carbons (Fsp3) is 0.429. The molecule has 23 heavy (non-hydrogen) atoms. The molecule has 0 aliphatic carbocycles. The van der Waals surface area contributed by atoms with Crippen molar-refractivity contribution >= 4 is 29.2 Å². The third-order valence-electron chi connectivity index (χ3n) is 2.47. The first kappa shape index (κ1) is 19.1. The van der Waals surface area contributed by atoms with Gasteiger partial charge in [-0.05, 0) is 39.0 Å². The van der Waals surface area contributed by atoms with Gasteiger partial charge in [0.2, 0.25) is 5.91 Å². The van der Waals surface area contributed by atoms with Crippen molar-refractivity contribution in [2.75, 3.05) is 11.9 Å². The molecule has 0 atom stereocenters. The number of alkyl halides is 3. The summed E-state index contributed by atoms with van der Waals surface area (Å²) in [5.41, 5.74) is -1.46. The molecule has 0 aliphatic heterocycles. The number of carbonyl (C=O) groups excluding carboxylic acids is 2. The van der Waals surface area contributed by atoms with Crippen LogP contribution in [0.25, 0.3) is 0 Å². The Morgan fingerprint density at radius 2 is 1.78 bits per heavy atom. The van der Waals surface area contributed by atoms with Crippen LogP contribution < -0.4 is 16.0 Å². The Bertz CT molecular complexity index is 598. The van der Waals surface area contributed by atoms with E-state index in [1.165, 1.54) is 6.07 Å². The van der Waals surface area contributed by atoms with Gasteiger partial charge in [-0.25, -0.2) is 4.79 Å². The smallest absolute Gasteiger partial charge is 0.376 e. The highest BCUT2D eigenvalue weighted by Crippen LogP contribution is 2.36. The topological polar surface area (TPSA) is 70.2 Å². The minimum absolute atomic E-state index is 0.0631. The monoisotopic (exact) mass is 351 g/mol. The first-order valence-corrected chi connectivity index (χ1v) is 6.99. The Kier molecular flexibility index (Phi) is 5.87. The van der Waals surface area contributed by atoms with E-state index >= 15 is 0 Å². The number of hydrogen-bond acceptors (Lipinski definition) is 3. The second-order valence-corrected chi connectivity index (χ2v) is 6.21. The zero-order chi connectivity index (χ0) is 17.8. The average Bonchev–Trinajstić information content (AvgIpc) is 2.33. The summed E-state index contributed by atoms with van der Waals surface area (Å²) in [5.74, 6) is -0.685. The number of imide groups is 1. The molecule has 1 aromatic rings. The molecule has 0 fully saturated rings. The maximum Gasteiger partial charge on any atom is 0.417 e. The molecule has 0 saturated carbocycles. The summed E-state index contributed by atoms with van der Waals surface area (Å²) in [7, 11) is 0. The lowest BCUT2D eigenvalue weighted by Gasteiger charge is -2.20. The van der Waals surface area contributed by atoms with Crippen molar-refractivity contribution in [2.45, 2.75) is 32.5 Å². The van der Waals surface area contributed by atoms with E-state index < -0.39 is 34.2 Å². The van der Waals surface area contributed by atoms with E-state index in [0.29, 0.717) is 0 Å². The van der Waals surface area contributed by atoms with E-state index in [1.54, 1.807) is 20.8 Å². The van der Waals surface area contributed by atoms with Gasteiger partial charge in [0.15, 0.2) is 0 Å². The molecule has 0 aliphatic rings. The number of urea groups is 1. The van der Waals surface area contributed by atoms with Gasteiger partial charge in [-0.15, -0.1) is 0 Å². The lowest BCUT2D eigenvalue weighted by molar-refractivity contribution is -0.137. The SMILES string of the molecule is CC(C)(C)NC(=O)NC(=O)CNc1ccc(Cl)c(C(F)(F)F)c1. The summed E-state index contributed by atoms with van der Waals surface area (Å²) in [6.07, 6.45) is -4.59. The van der Waals surface area contributed by atoms with Gasteiger partial charge in [-0.2, -0.15) is 13.2 Å². The summed E-state index contributed by atoms with van der Waals surface area (Å²) in [4.78, 5) is 23.1. The van der Waals surface area contributed by atoms with Gasteiger partial charge < -0.3 is 10.6 Å². The Hall–Kier alpha value is -1.96. The highest BCUT2D eigenvalue weighted by atomic mass is 35.5. The Morgan fingerprint density at radius 1 is 1.17 bits per heavy atom. The maximum atomic E-state index is 12.7. The number of rotatable bonds is 3. The first-order valence-electron chi connectivity index (χ1n) is 6.61. The molecule has 0 radical (unpaired) electrons. The van der Waals surface area contributed by atoms with Crippen LogP contribution in [0.15, 0.2) is 18.2 Å². The van der Waals surface area contributed by atoms with E-state index in [4.69, 9.17) is 11.6 Å². The number of hydrogen-bond donors (Lipinski definition) is 3. The van der Waals surface area contributed by atoms with Crippen LogP contribution in [-0.4, -0.2) is 24.0 Å². The minimum atomic E-state index is -4.59. The predicted molar refractivity (Wildman–Crippen MR) is 81.4 cm³/mol. The molecule has 0 saturated heterocycles. The summed E-state index contributed by atoms with van der Waals surface area (Å²) < 4.78 is 38.1. The van der Waals surface area contributed by atoms with Crippen LogP contribution in [0.4, 0.5) is 23.7 Å². The Balaban J connectivity index is 2.62. The molecular weight excluding hydrogens is 335 g/mol. The quantitative estimate of drug-likeness (QED) is 0.781. The summed E-state index contributed by atoms with van der Waals surface area (Å²) in [6, 6.07) is 2.50. The Labute approximate surface area is 136 Å². The van der Waals surface area contributed by atoms with E-state index in [0.717, 1.165) is 12.1 Å². The highest BCUT2D eigenvalue weighted by molar-refractivity contribution is 6.31. The number of anilines is 1. The highest BCUT2D eigenvalue weighted by Gasteiger charge is 2.33. The second kappa shape index (κ2) is 7.08. The average molecular weight is 352 g/mol. The number of amides is 3. The van der Waals surface area contributed by atoms with Crippen LogP contribution in [0.3, 0.4) is 0 Å². The summed E-state index contributed by atoms with van der Waals surface area (Å²) in [6.45, 7) is 4.85. The van der Waals surface area contributed by atoms with Gasteiger partial charge in [-0.3, -0.25) is 10.1 Å². The van der Waals surface area contributed by atoms with Crippen molar-refractivity contribution in [1.29, 1.82) is 0 Å².